The van der Waals surface area contributed by atoms with Gasteiger partial charge in [-0.05, 0) is 37.1 Å². The van der Waals surface area contributed by atoms with Gasteiger partial charge in [-0.15, -0.1) is 0 Å². The van der Waals surface area contributed by atoms with E-state index in [0.29, 0.717) is 5.41 Å². The van der Waals surface area contributed by atoms with Crippen LogP contribution in [0.15, 0.2) is 0 Å². The van der Waals surface area contributed by atoms with Crippen molar-refractivity contribution in [3.8, 4) is 0 Å². The Morgan fingerprint density at radius 3 is 2.14 bits per heavy atom. The highest BCUT2D eigenvalue weighted by atomic mass is 15.2. The van der Waals surface area contributed by atoms with Crippen molar-refractivity contribution in [2.45, 2.75) is 59.9 Å². The van der Waals surface area contributed by atoms with E-state index in [2.05, 4.69) is 39.5 Å². The van der Waals surface area contributed by atoms with Crippen LogP contribution in [-0.4, -0.2) is 24.0 Å². The molecule has 0 aromatic heterocycles. The van der Waals surface area contributed by atoms with Crippen LogP contribution in [0.5, 0.6) is 0 Å². The second-order valence-electron chi connectivity index (χ2n) is 6.43. The summed E-state index contributed by atoms with van der Waals surface area (Å²) < 4.78 is 0. The van der Waals surface area contributed by atoms with Crippen LogP contribution >= 0.6 is 0 Å². The molecule has 0 aliphatic heterocycles. The molecule has 1 nitrogen and oxygen atoms in total. The van der Waals surface area contributed by atoms with Gasteiger partial charge < -0.3 is 4.90 Å². The summed E-state index contributed by atoms with van der Waals surface area (Å²) in [6.07, 6.45) is 4.21. The minimum absolute atomic E-state index is 0.490. The zero-order valence-electron chi connectivity index (χ0n) is 10.6. The van der Waals surface area contributed by atoms with E-state index >= 15 is 0 Å². The zero-order chi connectivity index (χ0) is 10.8. The summed E-state index contributed by atoms with van der Waals surface area (Å²) in [4.78, 5) is 2.70. The third-order valence-electron chi connectivity index (χ3n) is 2.81. The Kier molecular flexibility index (Phi) is 4.00. The van der Waals surface area contributed by atoms with E-state index in [0.717, 1.165) is 12.0 Å². The largest absolute Gasteiger partial charge is 0.300 e. The average molecular weight is 197 g/mol. The van der Waals surface area contributed by atoms with E-state index in [-0.39, 0.29) is 0 Å². The molecule has 84 valence electrons. The molecular formula is C13H27N. The molecule has 1 rings (SSSR count). The van der Waals surface area contributed by atoms with Crippen LogP contribution in [0.2, 0.25) is 0 Å². The summed E-state index contributed by atoms with van der Waals surface area (Å²) in [7, 11) is 0. The highest BCUT2D eigenvalue weighted by molar-refractivity contribution is 4.85. The van der Waals surface area contributed by atoms with Gasteiger partial charge in [-0.25, -0.2) is 0 Å². The van der Waals surface area contributed by atoms with Crippen molar-refractivity contribution in [1.82, 2.24) is 4.90 Å². The normalized spacial score (nSPS) is 18.2. The van der Waals surface area contributed by atoms with Gasteiger partial charge in [-0.2, -0.15) is 0 Å². The summed E-state index contributed by atoms with van der Waals surface area (Å²) in [6.45, 7) is 14.3. The lowest BCUT2D eigenvalue weighted by Crippen LogP contribution is -2.32. The van der Waals surface area contributed by atoms with Crippen LogP contribution in [0.25, 0.3) is 0 Å². The van der Waals surface area contributed by atoms with Crippen LogP contribution in [0.4, 0.5) is 0 Å². The molecule has 0 N–H and O–H groups in total. The number of hydrogen-bond acceptors (Lipinski definition) is 1. The van der Waals surface area contributed by atoms with Crippen molar-refractivity contribution in [2.24, 2.45) is 11.3 Å². The van der Waals surface area contributed by atoms with Gasteiger partial charge in [-0.3, -0.25) is 0 Å². The summed E-state index contributed by atoms with van der Waals surface area (Å²) >= 11 is 0. The fourth-order valence-electron chi connectivity index (χ4n) is 1.81. The number of rotatable bonds is 5. The SMILES string of the molecule is CC(C)CN(CCC(C)(C)C)C1CC1. The fourth-order valence-corrected chi connectivity index (χ4v) is 1.81. The first-order valence-corrected chi connectivity index (χ1v) is 6.12. The Balaban J connectivity index is 2.28. The van der Waals surface area contributed by atoms with Crippen LogP contribution in [0, 0.1) is 11.3 Å². The molecule has 1 saturated carbocycles. The second kappa shape index (κ2) is 4.65. The average Bonchev–Trinajstić information content (AvgIpc) is 2.77. The van der Waals surface area contributed by atoms with Crippen molar-refractivity contribution in [1.29, 1.82) is 0 Å². The minimum Gasteiger partial charge on any atom is -0.300 e. The maximum atomic E-state index is 2.70. The molecule has 0 heterocycles. The van der Waals surface area contributed by atoms with E-state index < -0.39 is 0 Å². The summed E-state index contributed by atoms with van der Waals surface area (Å²) in [6, 6.07) is 0.930. The first-order chi connectivity index (χ1) is 6.38. The summed E-state index contributed by atoms with van der Waals surface area (Å²) in [5, 5.41) is 0. The van der Waals surface area contributed by atoms with Gasteiger partial charge in [0.25, 0.3) is 0 Å². The van der Waals surface area contributed by atoms with Gasteiger partial charge in [0.05, 0.1) is 0 Å². The molecule has 0 unspecified atom stereocenters. The van der Waals surface area contributed by atoms with Crippen molar-refractivity contribution in [2.75, 3.05) is 13.1 Å². The van der Waals surface area contributed by atoms with Gasteiger partial charge in [0.2, 0.25) is 0 Å². The fraction of sp³-hybridized carbons (Fsp3) is 1.00. The number of hydrogen-bond donors (Lipinski definition) is 0. The number of nitrogens with zero attached hydrogens (tertiary/aromatic N) is 1. The molecule has 0 aromatic rings. The molecule has 14 heavy (non-hydrogen) atoms. The van der Waals surface area contributed by atoms with Crippen LogP contribution < -0.4 is 0 Å². The Morgan fingerprint density at radius 1 is 1.21 bits per heavy atom. The predicted molar refractivity (Wildman–Crippen MR) is 63.5 cm³/mol. The molecule has 0 saturated heterocycles. The van der Waals surface area contributed by atoms with Crippen LogP contribution in [0.3, 0.4) is 0 Å². The molecule has 0 aromatic carbocycles. The van der Waals surface area contributed by atoms with E-state index in [4.69, 9.17) is 0 Å². The molecular weight excluding hydrogens is 170 g/mol. The first-order valence-electron chi connectivity index (χ1n) is 6.12. The Bertz CT molecular complexity index is 163. The van der Waals surface area contributed by atoms with Crippen LogP contribution in [-0.2, 0) is 0 Å². The summed E-state index contributed by atoms with van der Waals surface area (Å²) in [5.74, 6) is 0.815. The lowest BCUT2D eigenvalue weighted by atomic mass is 9.92. The van der Waals surface area contributed by atoms with Gasteiger partial charge in [0, 0.05) is 12.6 Å². The van der Waals surface area contributed by atoms with E-state index in [1.807, 2.05) is 0 Å². The maximum absolute atomic E-state index is 2.70. The van der Waals surface area contributed by atoms with Crippen molar-refractivity contribution in [3.05, 3.63) is 0 Å². The summed E-state index contributed by atoms with van der Waals surface area (Å²) in [5.41, 5.74) is 0.490. The zero-order valence-corrected chi connectivity index (χ0v) is 10.6. The Morgan fingerprint density at radius 2 is 1.79 bits per heavy atom. The third-order valence-corrected chi connectivity index (χ3v) is 2.81. The van der Waals surface area contributed by atoms with Crippen LogP contribution in [0.1, 0.15) is 53.9 Å². The lowest BCUT2D eigenvalue weighted by molar-refractivity contribution is 0.199. The Labute approximate surface area is 89.9 Å². The molecule has 1 heteroatoms. The molecule has 1 aliphatic rings. The molecule has 0 atom stereocenters. The standard InChI is InChI=1S/C13H27N/c1-11(2)10-14(12-6-7-12)9-8-13(3,4)5/h11-12H,6-10H2,1-5H3. The smallest absolute Gasteiger partial charge is 0.00965 e. The monoisotopic (exact) mass is 197 g/mol. The second-order valence-corrected chi connectivity index (χ2v) is 6.43. The molecule has 1 fully saturated rings. The van der Waals surface area contributed by atoms with E-state index in [1.54, 1.807) is 0 Å². The predicted octanol–water partition coefficient (Wildman–Crippen LogP) is 3.54. The molecule has 0 radical (unpaired) electrons. The van der Waals surface area contributed by atoms with Crippen molar-refractivity contribution >= 4 is 0 Å². The topological polar surface area (TPSA) is 3.24 Å². The highest BCUT2D eigenvalue weighted by Gasteiger charge is 2.29. The highest BCUT2D eigenvalue weighted by Crippen LogP contribution is 2.29. The lowest BCUT2D eigenvalue weighted by Gasteiger charge is -2.28. The van der Waals surface area contributed by atoms with Gasteiger partial charge >= 0.3 is 0 Å². The van der Waals surface area contributed by atoms with Gasteiger partial charge in [0.15, 0.2) is 0 Å². The molecule has 0 spiro atoms. The van der Waals surface area contributed by atoms with Gasteiger partial charge in [-0.1, -0.05) is 34.6 Å². The first kappa shape index (κ1) is 12.0. The minimum atomic E-state index is 0.490. The van der Waals surface area contributed by atoms with Crippen molar-refractivity contribution < 1.29 is 0 Å². The Hall–Kier alpha value is -0.0400. The van der Waals surface area contributed by atoms with Crippen molar-refractivity contribution in [3.63, 3.8) is 0 Å². The third kappa shape index (κ3) is 4.99. The molecule has 0 bridgehead atoms. The molecule has 0 amide bonds. The van der Waals surface area contributed by atoms with Gasteiger partial charge in [0.1, 0.15) is 0 Å². The quantitative estimate of drug-likeness (QED) is 0.651. The maximum Gasteiger partial charge on any atom is 0.00965 e. The van der Waals surface area contributed by atoms with E-state index in [9.17, 15) is 0 Å². The van der Waals surface area contributed by atoms with E-state index in [1.165, 1.54) is 32.4 Å². The molecule has 1 aliphatic carbocycles.